The van der Waals surface area contributed by atoms with Gasteiger partial charge in [-0.15, -0.1) is 0 Å². The first-order valence-corrected chi connectivity index (χ1v) is 4.67. The monoisotopic (exact) mass is 201 g/mol. The van der Waals surface area contributed by atoms with Gasteiger partial charge in [0, 0.05) is 0 Å². The Morgan fingerprint density at radius 2 is 1.71 bits per heavy atom. The number of carbonyl (C=O) groups is 2. The van der Waals surface area contributed by atoms with E-state index in [9.17, 15) is 9.59 Å². The largest absolute Gasteiger partial charge is 0.368 e. The highest BCUT2D eigenvalue weighted by atomic mass is 16.2. The van der Waals surface area contributed by atoms with Crippen LogP contribution in [0.1, 0.15) is 20.8 Å². The third-order valence-electron chi connectivity index (χ3n) is 2.05. The van der Waals surface area contributed by atoms with Crippen LogP contribution in [0.3, 0.4) is 0 Å². The Morgan fingerprint density at radius 3 is 2.00 bits per heavy atom. The molecule has 2 atom stereocenters. The summed E-state index contributed by atoms with van der Waals surface area (Å²) in [6.07, 6.45) is 0. The maximum atomic E-state index is 11.5. The Morgan fingerprint density at radius 1 is 1.21 bits per heavy atom. The Balaban J connectivity index is 4.24. The molecule has 82 valence electrons. The minimum Gasteiger partial charge on any atom is -0.368 e. The Hall–Kier alpha value is -1.10. The zero-order valence-corrected chi connectivity index (χ0v) is 9.13. The van der Waals surface area contributed by atoms with Crippen LogP contribution in [0.2, 0.25) is 0 Å². The van der Waals surface area contributed by atoms with Crippen molar-refractivity contribution in [2.75, 3.05) is 7.05 Å². The molecule has 0 aliphatic carbocycles. The summed E-state index contributed by atoms with van der Waals surface area (Å²) in [4.78, 5) is 22.3. The summed E-state index contributed by atoms with van der Waals surface area (Å²) in [5.74, 6) is -0.564. The molecule has 0 aromatic carbocycles. The molecule has 0 aliphatic rings. The summed E-state index contributed by atoms with van der Waals surface area (Å²) < 4.78 is 0. The summed E-state index contributed by atoms with van der Waals surface area (Å²) >= 11 is 0. The van der Waals surface area contributed by atoms with Crippen molar-refractivity contribution in [2.45, 2.75) is 32.9 Å². The molecule has 0 aromatic heterocycles. The minimum absolute atomic E-state index is 0.167. The van der Waals surface area contributed by atoms with Gasteiger partial charge in [-0.05, 0) is 19.9 Å². The highest BCUT2D eigenvalue weighted by Gasteiger charge is 2.22. The van der Waals surface area contributed by atoms with E-state index in [1.54, 1.807) is 14.0 Å². The summed E-state index contributed by atoms with van der Waals surface area (Å²) in [6, 6.07) is -0.922. The molecule has 5 heteroatoms. The standard InChI is InChI=1S/C9H19N3O2/c1-5(2)7(11-4)9(14)12-6(3)8(10)13/h5-7,11H,1-4H3,(H2,10,13)(H,12,14)/t6-,7-/m0/s1. The van der Waals surface area contributed by atoms with Crippen LogP contribution in [-0.2, 0) is 9.59 Å². The number of hydrogen-bond acceptors (Lipinski definition) is 3. The molecule has 0 rings (SSSR count). The predicted octanol–water partition coefficient (Wildman–Crippen LogP) is -0.780. The molecule has 4 N–H and O–H groups in total. The highest BCUT2D eigenvalue weighted by molar-refractivity contribution is 5.88. The number of nitrogens with one attached hydrogen (secondary N) is 2. The molecule has 5 nitrogen and oxygen atoms in total. The lowest BCUT2D eigenvalue weighted by Crippen LogP contribution is -2.51. The summed E-state index contributed by atoms with van der Waals surface area (Å²) in [6.45, 7) is 5.42. The first kappa shape index (κ1) is 12.9. The lowest BCUT2D eigenvalue weighted by Gasteiger charge is -2.21. The fourth-order valence-corrected chi connectivity index (χ4v) is 1.14. The molecular formula is C9H19N3O2. The van der Waals surface area contributed by atoms with Gasteiger partial charge in [0.15, 0.2) is 0 Å². The normalized spacial score (nSPS) is 14.9. The minimum atomic E-state index is -0.628. The molecule has 14 heavy (non-hydrogen) atoms. The van der Waals surface area contributed by atoms with Crippen molar-refractivity contribution >= 4 is 11.8 Å². The number of likely N-dealkylation sites (N-methyl/N-ethyl adjacent to an activating group) is 1. The molecule has 0 aromatic rings. The molecule has 0 spiro atoms. The number of rotatable bonds is 5. The van der Waals surface area contributed by atoms with Gasteiger partial charge in [-0.2, -0.15) is 0 Å². The van der Waals surface area contributed by atoms with Crippen LogP contribution in [-0.4, -0.2) is 30.9 Å². The lowest BCUT2D eigenvalue weighted by molar-refractivity contribution is -0.128. The van der Waals surface area contributed by atoms with Crippen molar-refractivity contribution in [1.29, 1.82) is 0 Å². The van der Waals surface area contributed by atoms with Gasteiger partial charge >= 0.3 is 0 Å². The van der Waals surface area contributed by atoms with Gasteiger partial charge in [0.1, 0.15) is 6.04 Å². The number of nitrogens with two attached hydrogens (primary N) is 1. The van der Waals surface area contributed by atoms with Crippen molar-refractivity contribution in [3.63, 3.8) is 0 Å². The van der Waals surface area contributed by atoms with Gasteiger partial charge in [-0.3, -0.25) is 9.59 Å². The second kappa shape index (κ2) is 5.59. The maximum Gasteiger partial charge on any atom is 0.239 e. The van der Waals surface area contributed by atoms with Crippen LogP contribution in [0.15, 0.2) is 0 Å². The van der Waals surface area contributed by atoms with E-state index in [0.29, 0.717) is 0 Å². The van der Waals surface area contributed by atoms with Crippen molar-refractivity contribution < 1.29 is 9.59 Å². The smallest absolute Gasteiger partial charge is 0.239 e. The number of amides is 2. The average molecular weight is 201 g/mol. The van der Waals surface area contributed by atoms with Gasteiger partial charge < -0.3 is 16.4 Å². The van der Waals surface area contributed by atoms with Crippen LogP contribution < -0.4 is 16.4 Å². The molecule has 0 aliphatic heterocycles. The van der Waals surface area contributed by atoms with E-state index in [0.717, 1.165) is 0 Å². The van der Waals surface area contributed by atoms with Crippen LogP contribution in [0.25, 0.3) is 0 Å². The van der Waals surface area contributed by atoms with Gasteiger partial charge in [0.2, 0.25) is 11.8 Å². The highest BCUT2D eigenvalue weighted by Crippen LogP contribution is 2.00. The van der Waals surface area contributed by atoms with Crippen molar-refractivity contribution in [2.24, 2.45) is 11.7 Å². The fraction of sp³-hybridized carbons (Fsp3) is 0.778. The van der Waals surface area contributed by atoms with E-state index in [4.69, 9.17) is 5.73 Å². The molecular weight excluding hydrogens is 182 g/mol. The van der Waals surface area contributed by atoms with Gasteiger partial charge in [0.05, 0.1) is 6.04 Å². The van der Waals surface area contributed by atoms with Gasteiger partial charge in [-0.1, -0.05) is 13.8 Å². The van der Waals surface area contributed by atoms with Crippen LogP contribution in [0, 0.1) is 5.92 Å². The molecule has 0 unspecified atom stereocenters. The lowest BCUT2D eigenvalue weighted by atomic mass is 10.0. The number of carbonyl (C=O) groups excluding carboxylic acids is 2. The third kappa shape index (κ3) is 3.74. The van der Waals surface area contributed by atoms with Crippen molar-refractivity contribution in [3.05, 3.63) is 0 Å². The fourth-order valence-electron chi connectivity index (χ4n) is 1.14. The Kier molecular flexibility index (Phi) is 5.15. The van der Waals surface area contributed by atoms with E-state index >= 15 is 0 Å². The van der Waals surface area contributed by atoms with E-state index in [1.165, 1.54) is 0 Å². The second-order valence-electron chi connectivity index (χ2n) is 3.64. The van der Waals surface area contributed by atoms with Crippen LogP contribution in [0.5, 0.6) is 0 Å². The molecule has 0 saturated heterocycles. The molecule has 2 amide bonds. The van der Waals surface area contributed by atoms with Crippen molar-refractivity contribution in [3.8, 4) is 0 Å². The molecule has 0 bridgehead atoms. The second-order valence-corrected chi connectivity index (χ2v) is 3.64. The van der Waals surface area contributed by atoms with Gasteiger partial charge in [-0.25, -0.2) is 0 Å². The van der Waals surface area contributed by atoms with Crippen molar-refractivity contribution in [1.82, 2.24) is 10.6 Å². The Labute approximate surface area is 84.4 Å². The SMILES string of the molecule is CN[C@H](C(=O)N[C@@H](C)C(N)=O)C(C)C. The first-order valence-electron chi connectivity index (χ1n) is 4.67. The summed E-state index contributed by atoms with van der Waals surface area (Å²) in [5.41, 5.74) is 5.03. The molecule has 0 saturated carbocycles. The molecule has 0 heterocycles. The topological polar surface area (TPSA) is 84.2 Å². The van der Waals surface area contributed by atoms with E-state index in [1.807, 2.05) is 13.8 Å². The number of hydrogen-bond donors (Lipinski definition) is 3. The maximum absolute atomic E-state index is 11.5. The zero-order chi connectivity index (χ0) is 11.3. The third-order valence-corrected chi connectivity index (χ3v) is 2.05. The summed E-state index contributed by atoms with van der Waals surface area (Å²) in [7, 11) is 1.71. The quantitative estimate of drug-likeness (QED) is 0.545. The van der Waals surface area contributed by atoms with Crippen LogP contribution in [0.4, 0.5) is 0 Å². The first-order chi connectivity index (χ1) is 6.40. The number of primary amides is 1. The molecule has 0 radical (unpaired) electrons. The zero-order valence-electron chi connectivity index (χ0n) is 9.13. The summed E-state index contributed by atoms with van der Waals surface area (Å²) in [5, 5.41) is 5.42. The predicted molar refractivity (Wildman–Crippen MR) is 54.5 cm³/mol. The van der Waals surface area contributed by atoms with E-state index in [-0.39, 0.29) is 17.9 Å². The van der Waals surface area contributed by atoms with E-state index in [2.05, 4.69) is 10.6 Å². The molecule has 0 fully saturated rings. The van der Waals surface area contributed by atoms with Crippen LogP contribution >= 0.6 is 0 Å². The average Bonchev–Trinajstić information content (AvgIpc) is 2.04. The van der Waals surface area contributed by atoms with E-state index < -0.39 is 11.9 Å². The van der Waals surface area contributed by atoms with Gasteiger partial charge in [0.25, 0.3) is 0 Å². The Bertz CT molecular complexity index is 216.